The molecule has 3 heterocycles. The lowest BCUT2D eigenvalue weighted by Crippen LogP contribution is -2.26. The highest BCUT2D eigenvalue weighted by Crippen LogP contribution is 2.35. The van der Waals surface area contributed by atoms with E-state index in [4.69, 9.17) is 14.7 Å². The molecule has 0 atom stereocenters. The summed E-state index contributed by atoms with van der Waals surface area (Å²) in [6.07, 6.45) is 1.83. The Balaban J connectivity index is 1.50. The number of amides is 1. The normalized spacial score (nSPS) is 11.4. The van der Waals surface area contributed by atoms with Crippen molar-refractivity contribution >= 4 is 49.3 Å². The van der Waals surface area contributed by atoms with E-state index in [1.807, 2.05) is 50.4 Å². The summed E-state index contributed by atoms with van der Waals surface area (Å²) < 4.78 is 8.29. The molecule has 1 amide bonds. The predicted molar refractivity (Wildman–Crippen MR) is 145 cm³/mol. The first-order chi connectivity index (χ1) is 17.4. The van der Waals surface area contributed by atoms with Crippen LogP contribution in [0, 0.1) is 13.8 Å². The Morgan fingerprint density at radius 3 is 2.53 bits per heavy atom. The van der Waals surface area contributed by atoms with Gasteiger partial charge >= 0.3 is 0 Å². The standard InChI is InChI=1S/C28H29N5O2S/c1-6-19-11-13-20(14-12-19)33(28-30-22-9-7-8-10-23(22)36-28)24(34)16-15-21-17(2)25-26(29-18(21)3)32(4)31-27(25)35-5/h7-14H,6,15-16H2,1-5H3. The van der Waals surface area contributed by atoms with Gasteiger partial charge in [0.15, 0.2) is 10.8 Å². The van der Waals surface area contributed by atoms with Crippen molar-refractivity contribution in [1.29, 1.82) is 0 Å². The highest BCUT2D eigenvalue weighted by atomic mass is 32.1. The number of hydrogen-bond acceptors (Lipinski definition) is 6. The van der Waals surface area contributed by atoms with Gasteiger partial charge in [0, 0.05) is 19.2 Å². The van der Waals surface area contributed by atoms with Crippen LogP contribution in [0.5, 0.6) is 5.88 Å². The molecule has 0 fully saturated rings. The Labute approximate surface area is 214 Å². The van der Waals surface area contributed by atoms with Gasteiger partial charge in [0.25, 0.3) is 0 Å². The number of hydrogen-bond donors (Lipinski definition) is 0. The molecule has 0 aliphatic rings. The second-order valence-electron chi connectivity index (χ2n) is 8.85. The molecule has 0 bridgehead atoms. The highest BCUT2D eigenvalue weighted by Gasteiger charge is 2.24. The largest absolute Gasteiger partial charge is 0.479 e. The number of aryl methyl sites for hydroxylation is 4. The Kier molecular flexibility index (Phi) is 6.45. The summed E-state index contributed by atoms with van der Waals surface area (Å²) in [5.41, 5.74) is 6.73. The van der Waals surface area contributed by atoms with Crippen LogP contribution < -0.4 is 9.64 Å². The first-order valence-corrected chi connectivity index (χ1v) is 12.9. The third-order valence-corrected chi connectivity index (χ3v) is 7.65. The molecule has 36 heavy (non-hydrogen) atoms. The van der Waals surface area contributed by atoms with E-state index < -0.39 is 0 Å². The summed E-state index contributed by atoms with van der Waals surface area (Å²) in [7, 11) is 3.48. The highest BCUT2D eigenvalue weighted by molar-refractivity contribution is 7.22. The number of carbonyl (C=O) groups excluding carboxylic acids is 1. The maximum Gasteiger partial charge on any atom is 0.242 e. The topological polar surface area (TPSA) is 73.1 Å². The van der Waals surface area contributed by atoms with Gasteiger partial charge in [-0.25, -0.2) is 14.6 Å². The molecule has 0 saturated carbocycles. The summed E-state index contributed by atoms with van der Waals surface area (Å²) in [6.45, 7) is 6.16. The number of methoxy groups -OCH3 is 1. The number of ether oxygens (including phenoxy) is 1. The summed E-state index contributed by atoms with van der Waals surface area (Å²) in [6, 6.07) is 16.1. The van der Waals surface area contributed by atoms with Gasteiger partial charge < -0.3 is 4.74 Å². The van der Waals surface area contributed by atoms with Crippen LogP contribution in [0.15, 0.2) is 48.5 Å². The number of fused-ring (bicyclic) bond motifs is 2. The number of anilines is 2. The van der Waals surface area contributed by atoms with Gasteiger partial charge in [0.05, 0.1) is 28.4 Å². The molecule has 0 aliphatic carbocycles. The maximum absolute atomic E-state index is 13.8. The zero-order chi connectivity index (χ0) is 25.4. The third-order valence-electron chi connectivity index (χ3n) is 6.63. The van der Waals surface area contributed by atoms with Gasteiger partial charge in [-0.3, -0.25) is 9.69 Å². The minimum absolute atomic E-state index is 0.00430. The van der Waals surface area contributed by atoms with Gasteiger partial charge in [-0.1, -0.05) is 42.5 Å². The summed E-state index contributed by atoms with van der Waals surface area (Å²) >= 11 is 1.53. The predicted octanol–water partition coefficient (Wildman–Crippen LogP) is 6.06. The van der Waals surface area contributed by atoms with E-state index in [2.05, 4.69) is 31.1 Å². The summed E-state index contributed by atoms with van der Waals surface area (Å²) in [5, 5.41) is 6.02. The van der Waals surface area contributed by atoms with Crippen LogP contribution >= 0.6 is 11.3 Å². The fraction of sp³-hybridized carbons (Fsp3) is 0.286. The Morgan fingerprint density at radius 2 is 1.83 bits per heavy atom. The van der Waals surface area contributed by atoms with Gasteiger partial charge in [0.2, 0.25) is 11.8 Å². The number of thiazole rings is 1. The molecule has 0 radical (unpaired) electrons. The van der Waals surface area contributed by atoms with Crippen molar-refractivity contribution in [3.63, 3.8) is 0 Å². The van der Waals surface area contributed by atoms with Crippen molar-refractivity contribution in [3.8, 4) is 5.88 Å². The van der Waals surface area contributed by atoms with Crippen molar-refractivity contribution in [2.45, 2.75) is 40.0 Å². The number of carbonyl (C=O) groups is 1. The lowest BCUT2D eigenvalue weighted by atomic mass is 10.00. The molecule has 0 saturated heterocycles. The Bertz CT molecular complexity index is 1540. The zero-order valence-corrected chi connectivity index (χ0v) is 22.0. The molecule has 5 rings (SSSR count). The zero-order valence-electron chi connectivity index (χ0n) is 21.2. The number of rotatable bonds is 7. The molecule has 0 spiro atoms. The van der Waals surface area contributed by atoms with Crippen molar-refractivity contribution in [1.82, 2.24) is 19.7 Å². The molecular formula is C28H29N5O2S. The second kappa shape index (κ2) is 9.70. The van der Waals surface area contributed by atoms with Crippen LogP contribution in [0.25, 0.3) is 21.3 Å². The molecule has 3 aromatic heterocycles. The first-order valence-electron chi connectivity index (χ1n) is 12.1. The molecule has 0 aliphatic heterocycles. The van der Waals surface area contributed by atoms with E-state index in [0.717, 1.165) is 50.2 Å². The van der Waals surface area contributed by atoms with Crippen molar-refractivity contribution in [3.05, 3.63) is 70.9 Å². The quantitative estimate of drug-likeness (QED) is 0.272. The molecule has 2 aromatic carbocycles. The number of aromatic nitrogens is 4. The van der Waals surface area contributed by atoms with Gasteiger partial charge in [-0.2, -0.15) is 0 Å². The summed E-state index contributed by atoms with van der Waals surface area (Å²) in [4.78, 5) is 25.1. The molecule has 184 valence electrons. The SMILES string of the molecule is CCc1ccc(N(C(=O)CCc2c(C)nc3c(c(OC)nn3C)c2C)c2nc3ccccc3s2)cc1. The minimum atomic E-state index is -0.00430. The minimum Gasteiger partial charge on any atom is -0.479 e. The number of nitrogens with zero attached hydrogens (tertiary/aromatic N) is 5. The molecule has 5 aromatic rings. The van der Waals surface area contributed by atoms with Gasteiger partial charge in [-0.15, -0.1) is 5.10 Å². The van der Waals surface area contributed by atoms with Crippen LogP contribution in [0.3, 0.4) is 0 Å². The lowest BCUT2D eigenvalue weighted by Gasteiger charge is -2.21. The Hall–Kier alpha value is -3.78. The average molecular weight is 500 g/mol. The fourth-order valence-corrected chi connectivity index (χ4v) is 5.65. The smallest absolute Gasteiger partial charge is 0.242 e. The van der Waals surface area contributed by atoms with Gasteiger partial charge in [-0.05, 0) is 67.6 Å². The Morgan fingerprint density at radius 1 is 1.08 bits per heavy atom. The van der Waals surface area contributed by atoms with Crippen LogP contribution in [-0.2, 0) is 24.7 Å². The van der Waals surface area contributed by atoms with E-state index in [0.29, 0.717) is 23.9 Å². The van der Waals surface area contributed by atoms with Crippen molar-refractivity contribution in [2.24, 2.45) is 7.05 Å². The molecule has 8 heteroatoms. The van der Waals surface area contributed by atoms with Crippen molar-refractivity contribution in [2.75, 3.05) is 12.0 Å². The summed E-state index contributed by atoms with van der Waals surface area (Å²) in [5.74, 6) is 0.549. The van der Waals surface area contributed by atoms with E-state index in [1.54, 1.807) is 16.7 Å². The van der Waals surface area contributed by atoms with Crippen LogP contribution in [-0.4, -0.2) is 32.8 Å². The van der Waals surface area contributed by atoms with Crippen LogP contribution in [0.1, 0.15) is 35.7 Å². The lowest BCUT2D eigenvalue weighted by molar-refractivity contribution is -0.117. The third kappa shape index (κ3) is 4.22. The number of pyridine rings is 1. The average Bonchev–Trinajstić information content (AvgIpc) is 3.45. The number of para-hydroxylation sites is 1. The van der Waals surface area contributed by atoms with E-state index in [9.17, 15) is 4.79 Å². The molecule has 0 unspecified atom stereocenters. The second-order valence-corrected chi connectivity index (χ2v) is 9.85. The van der Waals surface area contributed by atoms with Crippen LogP contribution in [0.4, 0.5) is 10.8 Å². The fourth-order valence-electron chi connectivity index (χ4n) is 4.65. The van der Waals surface area contributed by atoms with Crippen molar-refractivity contribution < 1.29 is 9.53 Å². The van der Waals surface area contributed by atoms with Crippen LogP contribution in [0.2, 0.25) is 0 Å². The maximum atomic E-state index is 13.8. The van der Waals surface area contributed by atoms with Gasteiger partial charge in [0.1, 0.15) is 0 Å². The van der Waals surface area contributed by atoms with E-state index in [1.165, 1.54) is 16.9 Å². The monoisotopic (exact) mass is 499 g/mol. The van der Waals surface area contributed by atoms with E-state index >= 15 is 0 Å². The molecular weight excluding hydrogens is 470 g/mol. The van der Waals surface area contributed by atoms with E-state index in [-0.39, 0.29) is 5.91 Å². The number of benzene rings is 2. The molecule has 7 nitrogen and oxygen atoms in total. The first kappa shape index (κ1) is 23.9. The molecule has 0 N–H and O–H groups in total.